The lowest BCUT2D eigenvalue weighted by atomic mass is 10.0. The number of pyridine rings is 1. The Balaban J connectivity index is 1.81. The molecule has 1 aliphatic rings. The Bertz CT molecular complexity index is 1190. The van der Waals surface area contributed by atoms with Gasteiger partial charge < -0.3 is 11.1 Å². The standard InChI is InChI=1S/C21H17N5O/c22-20(27)13-6-9-15-16-11-23-21(24-14-7-8-14)26-19(16)18(25-17(15)10-13)12-4-2-1-3-5-12/h1-6,9-11,14H,7-8H2,(H2,22,27)(H,23,24,26). The molecule has 0 aliphatic heterocycles. The van der Waals surface area contributed by atoms with Gasteiger partial charge in [-0.1, -0.05) is 36.4 Å². The number of hydrogen-bond donors (Lipinski definition) is 2. The number of aromatic nitrogens is 3. The molecule has 0 atom stereocenters. The van der Waals surface area contributed by atoms with Gasteiger partial charge in [-0.2, -0.15) is 0 Å². The van der Waals surface area contributed by atoms with Crippen molar-refractivity contribution in [2.45, 2.75) is 18.9 Å². The van der Waals surface area contributed by atoms with Gasteiger partial charge in [-0.05, 0) is 25.0 Å². The van der Waals surface area contributed by atoms with Gasteiger partial charge in [0.15, 0.2) is 0 Å². The van der Waals surface area contributed by atoms with Crippen LogP contribution in [0.1, 0.15) is 23.2 Å². The lowest BCUT2D eigenvalue weighted by Crippen LogP contribution is -2.10. The van der Waals surface area contributed by atoms with E-state index < -0.39 is 5.91 Å². The highest BCUT2D eigenvalue weighted by Crippen LogP contribution is 2.32. The third-order valence-electron chi connectivity index (χ3n) is 4.78. The molecule has 4 aromatic rings. The van der Waals surface area contributed by atoms with Crippen molar-refractivity contribution < 1.29 is 4.79 Å². The predicted molar refractivity (Wildman–Crippen MR) is 105 cm³/mol. The summed E-state index contributed by atoms with van der Waals surface area (Å²) >= 11 is 0. The summed E-state index contributed by atoms with van der Waals surface area (Å²) in [4.78, 5) is 25.7. The van der Waals surface area contributed by atoms with Crippen LogP contribution in [0.5, 0.6) is 0 Å². The maximum Gasteiger partial charge on any atom is 0.248 e. The van der Waals surface area contributed by atoms with Crippen LogP contribution in [0.15, 0.2) is 54.7 Å². The number of fused-ring (bicyclic) bond motifs is 3. The first kappa shape index (κ1) is 15.7. The number of hydrogen-bond acceptors (Lipinski definition) is 5. The summed E-state index contributed by atoms with van der Waals surface area (Å²) in [6.07, 6.45) is 4.13. The smallest absolute Gasteiger partial charge is 0.248 e. The van der Waals surface area contributed by atoms with Crippen LogP contribution in [0.3, 0.4) is 0 Å². The molecule has 6 heteroatoms. The lowest BCUT2D eigenvalue weighted by Gasteiger charge is -2.11. The van der Waals surface area contributed by atoms with Gasteiger partial charge in [0.1, 0.15) is 5.52 Å². The summed E-state index contributed by atoms with van der Waals surface area (Å²) in [6.45, 7) is 0. The fraction of sp³-hybridized carbons (Fsp3) is 0.143. The fourth-order valence-electron chi connectivity index (χ4n) is 3.22. The number of rotatable bonds is 4. The highest BCUT2D eigenvalue weighted by molar-refractivity contribution is 6.10. The molecule has 0 bridgehead atoms. The number of nitrogens with one attached hydrogen (secondary N) is 1. The van der Waals surface area contributed by atoms with Crippen molar-refractivity contribution in [2.75, 3.05) is 5.32 Å². The van der Waals surface area contributed by atoms with Crippen LogP contribution in [0, 0.1) is 0 Å². The molecule has 3 N–H and O–H groups in total. The Morgan fingerprint density at radius 3 is 2.59 bits per heavy atom. The van der Waals surface area contributed by atoms with Crippen molar-refractivity contribution in [3.05, 3.63) is 60.3 Å². The SMILES string of the molecule is NC(=O)c1ccc2c(c1)nc(-c1ccccc1)c1nc(NC3CC3)ncc12. The van der Waals surface area contributed by atoms with Crippen LogP contribution < -0.4 is 11.1 Å². The molecule has 5 rings (SSSR count). The number of carbonyl (C=O) groups excluding carboxylic acids is 1. The average molecular weight is 355 g/mol. The summed E-state index contributed by atoms with van der Waals surface area (Å²) < 4.78 is 0. The van der Waals surface area contributed by atoms with Crippen LogP contribution in [0.4, 0.5) is 5.95 Å². The summed E-state index contributed by atoms with van der Waals surface area (Å²) in [5.74, 6) is 0.150. The van der Waals surface area contributed by atoms with E-state index in [1.54, 1.807) is 12.1 Å². The molecule has 1 aliphatic carbocycles. The Kier molecular flexibility index (Phi) is 3.50. The topological polar surface area (TPSA) is 93.8 Å². The monoisotopic (exact) mass is 355 g/mol. The van der Waals surface area contributed by atoms with E-state index in [2.05, 4.69) is 10.3 Å². The molecule has 0 radical (unpaired) electrons. The van der Waals surface area contributed by atoms with Gasteiger partial charge in [-0.25, -0.2) is 15.0 Å². The zero-order chi connectivity index (χ0) is 18.4. The van der Waals surface area contributed by atoms with Crippen molar-refractivity contribution in [1.29, 1.82) is 0 Å². The Hall–Kier alpha value is -3.54. The van der Waals surface area contributed by atoms with Gasteiger partial charge in [0.2, 0.25) is 11.9 Å². The first-order valence-electron chi connectivity index (χ1n) is 8.91. The average Bonchev–Trinajstić information content (AvgIpc) is 3.51. The highest BCUT2D eigenvalue weighted by Gasteiger charge is 2.22. The van der Waals surface area contributed by atoms with E-state index >= 15 is 0 Å². The highest BCUT2D eigenvalue weighted by atomic mass is 16.1. The predicted octanol–water partition coefficient (Wildman–Crippen LogP) is 3.52. The summed E-state index contributed by atoms with van der Waals surface area (Å²) in [6, 6.07) is 15.7. The Morgan fingerprint density at radius 2 is 1.85 bits per heavy atom. The molecule has 2 aromatic heterocycles. The molecule has 1 fully saturated rings. The van der Waals surface area contributed by atoms with Gasteiger partial charge >= 0.3 is 0 Å². The molecular weight excluding hydrogens is 338 g/mol. The van der Waals surface area contributed by atoms with Crippen LogP contribution in [-0.4, -0.2) is 26.9 Å². The van der Waals surface area contributed by atoms with Crippen LogP contribution in [-0.2, 0) is 0 Å². The van der Waals surface area contributed by atoms with Crippen molar-refractivity contribution in [3.8, 4) is 11.3 Å². The van der Waals surface area contributed by atoms with Gasteiger partial charge in [-0.15, -0.1) is 0 Å². The van der Waals surface area contributed by atoms with Crippen LogP contribution >= 0.6 is 0 Å². The summed E-state index contributed by atoms with van der Waals surface area (Å²) in [5, 5.41) is 5.14. The number of carbonyl (C=O) groups is 1. The first-order valence-corrected chi connectivity index (χ1v) is 8.91. The number of anilines is 1. The second kappa shape index (κ2) is 6.02. The lowest BCUT2D eigenvalue weighted by molar-refractivity contribution is 0.100. The molecule has 0 spiro atoms. The fourth-order valence-corrected chi connectivity index (χ4v) is 3.22. The largest absolute Gasteiger partial charge is 0.366 e. The molecule has 27 heavy (non-hydrogen) atoms. The second-order valence-electron chi connectivity index (χ2n) is 6.80. The van der Waals surface area contributed by atoms with Crippen molar-refractivity contribution in [1.82, 2.24) is 15.0 Å². The van der Waals surface area contributed by atoms with E-state index in [4.69, 9.17) is 15.7 Å². The van der Waals surface area contributed by atoms with Crippen molar-refractivity contribution >= 4 is 33.7 Å². The van der Waals surface area contributed by atoms with E-state index in [0.29, 0.717) is 23.1 Å². The molecule has 0 saturated heterocycles. The zero-order valence-corrected chi connectivity index (χ0v) is 14.5. The van der Waals surface area contributed by atoms with Crippen LogP contribution in [0.25, 0.3) is 33.1 Å². The quantitative estimate of drug-likeness (QED) is 0.546. The third-order valence-corrected chi connectivity index (χ3v) is 4.78. The number of benzene rings is 2. The van der Waals surface area contributed by atoms with E-state index in [0.717, 1.165) is 40.4 Å². The number of amides is 1. The Morgan fingerprint density at radius 1 is 1.04 bits per heavy atom. The summed E-state index contributed by atoms with van der Waals surface area (Å²) in [7, 11) is 0. The number of nitrogens with zero attached hydrogens (tertiary/aromatic N) is 3. The minimum atomic E-state index is -0.472. The van der Waals surface area contributed by atoms with E-state index in [-0.39, 0.29) is 0 Å². The normalized spacial score (nSPS) is 13.8. The maximum absolute atomic E-state index is 11.6. The van der Waals surface area contributed by atoms with E-state index in [1.165, 1.54) is 0 Å². The third kappa shape index (κ3) is 2.85. The van der Waals surface area contributed by atoms with Crippen molar-refractivity contribution in [3.63, 3.8) is 0 Å². The zero-order valence-electron chi connectivity index (χ0n) is 14.5. The van der Waals surface area contributed by atoms with Gasteiger partial charge in [0.05, 0.1) is 11.2 Å². The molecular formula is C21H17N5O. The van der Waals surface area contributed by atoms with E-state index in [9.17, 15) is 4.79 Å². The molecule has 2 heterocycles. The van der Waals surface area contributed by atoms with E-state index in [1.807, 2.05) is 42.6 Å². The summed E-state index contributed by atoms with van der Waals surface area (Å²) in [5.41, 5.74) is 9.09. The molecule has 1 amide bonds. The maximum atomic E-state index is 11.6. The molecule has 1 saturated carbocycles. The van der Waals surface area contributed by atoms with Crippen LogP contribution in [0.2, 0.25) is 0 Å². The van der Waals surface area contributed by atoms with Gasteiger partial charge in [-0.3, -0.25) is 4.79 Å². The van der Waals surface area contributed by atoms with Gasteiger partial charge in [0, 0.05) is 34.1 Å². The molecule has 6 nitrogen and oxygen atoms in total. The molecule has 0 unspecified atom stereocenters. The molecule has 132 valence electrons. The minimum absolute atomic E-state index is 0.432. The van der Waals surface area contributed by atoms with Gasteiger partial charge in [0.25, 0.3) is 0 Å². The minimum Gasteiger partial charge on any atom is -0.366 e. The number of primary amides is 1. The first-order chi connectivity index (χ1) is 13.2. The Labute approximate surface area is 155 Å². The van der Waals surface area contributed by atoms with Crippen molar-refractivity contribution in [2.24, 2.45) is 5.73 Å². The number of nitrogens with two attached hydrogens (primary N) is 1. The molecule has 2 aromatic carbocycles. The second-order valence-corrected chi connectivity index (χ2v) is 6.80.